The van der Waals surface area contributed by atoms with Crippen molar-refractivity contribution in [3.8, 4) is 0 Å². The molecule has 1 aromatic heterocycles. The van der Waals surface area contributed by atoms with E-state index in [9.17, 15) is 0 Å². The second-order valence-corrected chi connectivity index (χ2v) is 5.06. The van der Waals surface area contributed by atoms with Crippen molar-refractivity contribution in [1.29, 1.82) is 0 Å². The molecule has 0 amide bonds. The lowest BCUT2D eigenvalue weighted by molar-refractivity contribution is 0.0365. The number of hydrogen-bond donors (Lipinski definition) is 1. The maximum absolute atomic E-state index is 5.91. The van der Waals surface area contributed by atoms with Gasteiger partial charge in [-0.25, -0.2) is 0 Å². The van der Waals surface area contributed by atoms with Gasteiger partial charge in [0.05, 0.1) is 6.61 Å². The summed E-state index contributed by atoms with van der Waals surface area (Å²) in [5.41, 5.74) is 7.10. The molecular formula is C14H23N3O. The first-order valence-corrected chi connectivity index (χ1v) is 6.69. The molecule has 4 heteroatoms. The minimum Gasteiger partial charge on any atom is -0.381 e. The molecule has 0 saturated carbocycles. The molecule has 0 radical (unpaired) electrons. The first kappa shape index (κ1) is 13.5. The predicted molar refractivity (Wildman–Crippen MR) is 72.2 cm³/mol. The highest BCUT2D eigenvalue weighted by Gasteiger charge is 2.21. The fourth-order valence-corrected chi connectivity index (χ4v) is 2.63. The normalized spacial score (nSPS) is 22.1. The van der Waals surface area contributed by atoms with E-state index in [0.717, 1.165) is 19.8 Å². The highest BCUT2D eigenvalue weighted by Crippen LogP contribution is 2.21. The van der Waals surface area contributed by atoms with Crippen molar-refractivity contribution in [3.05, 3.63) is 30.1 Å². The Morgan fingerprint density at radius 3 is 3.11 bits per heavy atom. The van der Waals surface area contributed by atoms with Crippen LogP contribution >= 0.6 is 0 Å². The maximum atomic E-state index is 5.91. The van der Waals surface area contributed by atoms with Crippen LogP contribution in [-0.4, -0.2) is 43.2 Å². The van der Waals surface area contributed by atoms with E-state index < -0.39 is 0 Å². The molecule has 2 heterocycles. The fourth-order valence-electron chi connectivity index (χ4n) is 2.63. The van der Waals surface area contributed by atoms with Crippen LogP contribution in [0, 0.1) is 5.92 Å². The van der Waals surface area contributed by atoms with Gasteiger partial charge < -0.3 is 10.5 Å². The highest BCUT2D eigenvalue weighted by molar-refractivity contribution is 5.14. The first-order valence-electron chi connectivity index (χ1n) is 6.69. The summed E-state index contributed by atoms with van der Waals surface area (Å²) >= 11 is 0. The van der Waals surface area contributed by atoms with Crippen LogP contribution in [0.2, 0.25) is 0 Å². The van der Waals surface area contributed by atoms with E-state index in [1.54, 1.807) is 6.20 Å². The average Bonchev–Trinajstić information content (AvgIpc) is 2.42. The smallest absolute Gasteiger partial charge is 0.0506 e. The summed E-state index contributed by atoms with van der Waals surface area (Å²) in [4.78, 5) is 6.51. The molecule has 1 saturated heterocycles. The largest absolute Gasteiger partial charge is 0.381 e. The third-order valence-corrected chi connectivity index (χ3v) is 3.63. The van der Waals surface area contributed by atoms with Crippen LogP contribution in [0.3, 0.4) is 0 Å². The van der Waals surface area contributed by atoms with Gasteiger partial charge in [-0.15, -0.1) is 0 Å². The van der Waals surface area contributed by atoms with Crippen LogP contribution in [0.5, 0.6) is 0 Å². The lowest BCUT2D eigenvalue weighted by atomic mass is 10.00. The average molecular weight is 249 g/mol. The van der Waals surface area contributed by atoms with Gasteiger partial charge in [0.2, 0.25) is 0 Å². The quantitative estimate of drug-likeness (QED) is 0.858. The SMILES string of the molecule is CN(CC1CCCOC1)C(CN)c1cccnc1. The van der Waals surface area contributed by atoms with Crippen molar-refractivity contribution in [2.75, 3.05) is 33.4 Å². The number of nitrogens with two attached hydrogens (primary N) is 1. The summed E-state index contributed by atoms with van der Waals surface area (Å²) in [6, 6.07) is 4.31. The molecular weight excluding hydrogens is 226 g/mol. The molecule has 100 valence electrons. The van der Waals surface area contributed by atoms with Gasteiger partial charge in [0.1, 0.15) is 0 Å². The first-order chi connectivity index (χ1) is 8.81. The summed E-state index contributed by atoms with van der Waals surface area (Å²) in [7, 11) is 2.14. The number of ether oxygens (including phenoxy) is 1. The number of pyridine rings is 1. The van der Waals surface area contributed by atoms with Crippen molar-refractivity contribution < 1.29 is 4.74 Å². The second kappa shape index (κ2) is 6.83. The Morgan fingerprint density at radius 1 is 1.61 bits per heavy atom. The number of aromatic nitrogens is 1. The van der Waals surface area contributed by atoms with Crippen LogP contribution in [-0.2, 0) is 4.74 Å². The predicted octanol–water partition coefficient (Wildman–Crippen LogP) is 1.44. The number of hydrogen-bond acceptors (Lipinski definition) is 4. The zero-order chi connectivity index (χ0) is 12.8. The molecule has 4 nitrogen and oxygen atoms in total. The third-order valence-electron chi connectivity index (χ3n) is 3.63. The topological polar surface area (TPSA) is 51.4 Å². The van der Waals surface area contributed by atoms with Crippen molar-refractivity contribution in [3.63, 3.8) is 0 Å². The van der Waals surface area contributed by atoms with Gasteiger partial charge in [-0.2, -0.15) is 0 Å². The van der Waals surface area contributed by atoms with Gasteiger partial charge in [-0.1, -0.05) is 6.07 Å². The Bertz CT molecular complexity index is 338. The Hall–Kier alpha value is -0.970. The lowest BCUT2D eigenvalue weighted by Gasteiger charge is -2.32. The molecule has 2 N–H and O–H groups in total. The van der Waals surface area contributed by atoms with E-state index in [1.807, 2.05) is 12.3 Å². The van der Waals surface area contributed by atoms with Gasteiger partial charge in [0.15, 0.2) is 0 Å². The lowest BCUT2D eigenvalue weighted by Crippen LogP contribution is -2.36. The minimum atomic E-state index is 0.251. The van der Waals surface area contributed by atoms with E-state index >= 15 is 0 Å². The molecule has 1 aliphatic heterocycles. The summed E-state index contributed by atoms with van der Waals surface area (Å²) in [5, 5.41) is 0. The molecule has 1 fully saturated rings. The Morgan fingerprint density at radius 2 is 2.50 bits per heavy atom. The summed E-state index contributed by atoms with van der Waals surface area (Å²) in [6.45, 7) is 3.46. The highest BCUT2D eigenvalue weighted by atomic mass is 16.5. The van der Waals surface area contributed by atoms with E-state index in [2.05, 4.69) is 23.0 Å². The van der Waals surface area contributed by atoms with E-state index in [4.69, 9.17) is 10.5 Å². The Balaban J connectivity index is 1.94. The molecule has 0 aromatic carbocycles. The van der Waals surface area contributed by atoms with Crippen LogP contribution < -0.4 is 5.73 Å². The van der Waals surface area contributed by atoms with Crippen LogP contribution in [0.1, 0.15) is 24.4 Å². The van der Waals surface area contributed by atoms with Crippen LogP contribution in [0.4, 0.5) is 0 Å². The number of nitrogens with zero attached hydrogens (tertiary/aromatic N) is 2. The second-order valence-electron chi connectivity index (χ2n) is 5.06. The fraction of sp³-hybridized carbons (Fsp3) is 0.643. The summed E-state index contributed by atoms with van der Waals surface area (Å²) in [6.07, 6.45) is 6.14. The number of rotatable bonds is 5. The van der Waals surface area contributed by atoms with Gasteiger partial charge in [0, 0.05) is 38.1 Å². The van der Waals surface area contributed by atoms with E-state index in [0.29, 0.717) is 12.5 Å². The molecule has 1 aliphatic rings. The van der Waals surface area contributed by atoms with Gasteiger partial charge in [-0.05, 0) is 37.4 Å². The zero-order valence-corrected chi connectivity index (χ0v) is 11.1. The van der Waals surface area contributed by atoms with Crippen molar-refractivity contribution in [1.82, 2.24) is 9.88 Å². The molecule has 18 heavy (non-hydrogen) atoms. The molecule has 2 unspecified atom stereocenters. The standard InChI is InChI=1S/C14H23N3O/c1-17(10-12-4-3-7-18-11-12)14(8-15)13-5-2-6-16-9-13/h2,5-6,9,12,14H,3-4,7-8,10-11,15H2,1H3. The maximum Gasteiger partial charge on any atom is 0.0506 e. The Kier molecular flexibility index (Phi) is 5.11. The zero-order valence-electron chi connectivity index (χ0n) is 11.1. The molecule has 0 bridgehead atoms. The van der Waals surface area contributed by atoms with Crippen molar-refractivity contribution >= 4 is 0 Å². The van der Waals surface area contributed by atoms with E-state index in [1.165, 1.54) is 18.4 Å². The number of likely N-dealkylation sites (N-methyl/N-ethyl adjacent to an activating group) is 1. The molecule has 2 rings (SSSR count). The summed E-state index contributed by atoms with van der Waals surface area (Å²) < 4.78 is 5.53. The van der Waals surface area contributed by atoms with Gasteiger partial charge in [0.25, 0.3) is 0 Å². The molecule has 1 aromatic rings. The van der Waals surface area contributed by atoms with Gasteiger partial charge in [-0.3, -0.25) is 9.88 Å². The minimum absolute atomic E-state index is 0.251. The van der Waals surface area contributed by atoms with Crippen LogP contribution in [0.25, 0.3) is 0 Å². The monoisotopic (exact) mass is 249 g/mol. The molecule has 0 spiro atoms. The van der Waals surface area contributed by atoms with Gasteiger partial charge >= 0.3 is 0 Å². The van der Waals surface area contributed by atoms with Crippen molar-refractivity contribution in [2.24, 2.45) is 11.7 Å². The Labute approximate surface area is 109 Å². The third kappa shape index (κ3) is 3.51. The molecule has 0 aliphatic carbocycles. The summed E-state index contributed by atoms with van der Waals surface area (Å²) in [5.74, 6) is 0.634. The van der Waals surface area contributed by atoms with E-state index in [-0.39, 0.29) is 6.04 Å². The van der Waals surface area contributed by atoms with Crippen LogP contribution in [0.15, 0.2) is 24.5 Å². The van der Waals surface area contributed by atoms with Crippen molar-refractivity contribution in [2.45, 2.75) is 18.9 Å². The molecule has 2 atom stereocenters.